The van der Waals surface area contributed by atoms with Crippen LogP contribution in [-0.2, 0) is 4.79 Å². The van der Waals surface area contributed by atoms with Crippen LogP contribution in [0.4, 0.5) is 0 Å². The number of aliphatic hydroxyl groups excluding tert-OH is 1. The third kappa shape index (κ3) is 6.40. The van der Waals surface area contributed by atoms with Crippen LogP contribution in [0, 0.1) is 11.3 Å². The predicted molar refractivity (Wildman–Crippen MR) is 52.4 cm³/mol. The Kier molecular flexibility index (Phi) is 5.84. The Morgan fingerprint density at radius 2 is 2.21 bits per heavy atom. The molecule has 0 aliphatic heterocycles. The highest BCUT2D eigenvalue weighted by Crippen LogP contribution is 2.05. The van der Waals surface area contributed by atoms with Crippen molar-refractivity contribution in [3.63, 3.8) is 0 Å². The van der Waals surface area contributed by atoms with Crippen LogP contribution in [0.15, 0.2) is 0 Å². The summed E-state index contributed by atoms with van der Waals surface area (Å²) in [5.41, 5.74) is -0.265. The number of nitrogens with zero attached hydrogens (tertiary/aromatic N) is 1. The molecule has 0 aliphatic rings. The van der Waals surface area contributed by atoms with Gasteiger partial charge >= 0.3 is 0 Å². The Morgan fingerprint density at radius 3 is 2.71 bits per heavy atom. The summed E-state index contributed by atoms with van der Waals surface area (Å²) in [4.78, 5) is 11.1. The molecule has 0 heterocycles. The maximum Gasteiger partial charge on any atom is 0.234 e. The first-order valence-electron chi connectivity index (χ1n) is 4.51. The minimum Gasteiger partial charge on any atom is -0.396 e. The number of nitriles is 1. The van der Waals surface area contributed by atoms with E-state index in [1.807, 2.05) is 19.9 Å². The molecule has 0 atom stereocenters. The second kappa shape index (κ2) is 6.35. The monoisotopic (exact) mass is 199 g/mol. The molecular formula is C9H17N3O2. The zero-order valence-corrected chi connectivity index (χ0v) is 8.63. The van der Waals surface area contributed by atoms with Gasteiger partial charge in [0.15, 0.2) is 0 Å². The van der Waals surface area contributed by atoms with Gasteiger partial charge in [-0.25, -0.2) is 0 Å². The molecular weight excluding hydrogens is 182 g/mol. The molecule has 0 rings (SSSR count). The summed E-state index contributed by atoms with van der Waals surface area (Å²) < 4.78 is 0. The van der Waals surface area contributed by atoms with E-state index in [9.17, 15) is 4.79 Å². The van der Waals surface area contributed by atoms with Crippen molar-refractivity contribution in [2.75, 3.05) is 19.7 Å². The number of rotatable bonds is 6. The van der Waals surface area contributed by atoms with E-state index in [1.54, 1.807) is 0 Å². The van der Waals surface area contributed by atoms with Crippen LogP contribution in [0.25, 0.3) is 0 Å². The highest BCUT2D eigenvalue weighted by Gasteiger charge is 2.16. The molecule has 1 amide bonds. The summed E-state index contributed by atoms with van der Waals surface area (Å²) in [6, 6.07) is 1.82. The van der Waals surface area contributed by atoms with Crippen LogP contribution in [0.1, 0.15) is 20.3 Å². The highest BCUT2D eigenvalue weighted by atomic mass is 16.3. The molecule has 0 saturated carbocycles. The summed E-state index contributed by atoms with van der Waals surface area (Å²) in [6.45, 7) is 4.08. The van der Waals surface area contributed by atoms with Crippen LogP contribution in [0.5, 0.6) is 0 Å². The van der Waals surface area contributed by atoms with Crippen molar-refractivity contribution in [1.29, 1.82) is 5.26 Å². The molecule has 0 spiro atoms. The lowest BCUT2D eigenvalue weighted by atomic mass is 10.0. The van der Waals surface area contributed by atoms with Gasteiger partial charge in [0.1, 0.15) is 6.54 Å². The molecule has 14 heavy (non-hydrogen) atoms. The number of hydrogen-bond acceptors (Lipinski definition) is 4. The standard InChI is InChI=1S/C9H17N3O2/c1-9(2,3-6-13)12-7-8(14)11-5-4-10/h12-13H,3,5-7H2,1-2H3,(H,11,14). The maximum absolute atomic E-state index is 11.1. The fourth-order valence-electron chi connectivity index (χ4n) is 0.888. The van der Waals surface area contributed by atoms with Gasteiger partial charge in [-0.2, -0.15) is 5.26 Å². The zero-order chi connectivity index (χ0) is 11.0. The second-order valence-corrected chi connectivity index (χ2v) is 3.65. The number of aliphatic hydroxyl groups is 1. The van der Waals surface area contributed by atoms with Crippen LogP contribution in [0.2, 0.25) is 0 Å². The molecule has 0 unspecified atom stereocenters. The highest BCUT2D eigenvalue weighted by molar-refractivity contribution is 5.78. The van der Waals surface area contributed by atoms with E-state index < -0.39 is 0 Å². The topological polar surface area (TPSA) is 85.2 Å². The molecule has 0 fully saturated rings. The van der Waals surface area contributed by atoms with E-state index >= 15 is 0 Å². The van der Waals surface area contributed by atoms with E-state index in [0.717, 1.165) is 0 Å². The van der Waals surface area contributed by atoms with Gasteiger partial charge < -0.3 is 15.7 Å². The average molecular weight is 199 g/mol. The quantitative estimate of drug-likeness (QED) is 0.497. The SMILES string of the molecule is CC(C)(CCO)NCC(=O)NCC#N. The van der Waals surface area contributed by atoms with Gasteiger partial charge in [-0.1, -0.05) is 0 Å². The van der Waals surface area contributed by atoms with E-state index in [2.05, 4.69) is 10.6 Å². The molecule has 0 radical (unpaired) electrons. The molecule has 0 bridgehead atoms. The third-order valence-electron chi connectivity index (χ3n) is 1.83. The molecule has 0 aromatic heterocycles. The van der Waals surface area contributed by atoms with Crippen molar-refractivity contribution < 1.29 is 9.90 Å². The van der Waals surface area contributed by atoms with Crippen LogP contribution in [-0.4, -0.2) is 36.2 Å². The summed E-state index contributed by atoms with van der Waals surface area (Å²) >= 11 is 0. The molecule has 0 saturated heterocycles. The average Bonchev–Trinajstić information content (AvgIpc) is 2.11. The van der Waals surface area contributed by atoms with Crippen LogP contribution in [0.3, 0.4) is 0 Å². The van der Waals surface area contributed by atoms with Crippen LogP contribution < -0.4 is 10.6 Å². The first-order valence-corrected chi connectivity index (χ1v) is 4.51. The minimum absolute atomic E-state index is 0.0287. The summed E-state index contributed by atoms with van der Waals surface area (Å²) in [7, 11) is 0. The van der Waals surface area contributed by atoms with Crippen LogP contribution >= 0.6 is 0 Å². The van der Waals surface area contributed by atoms with E-state index in [-0.39, 0.29) is 31.1 Å². The Labute approximate surface area is 84.1 Å². The Hall–Kier alpha value is -1.12. The van der Waals surface area contributed by atoms with Crippen molar-refractivity contribution in [2.45, 2.75) is 25.8 Å². The number of carbonyl (C=O) groups excluding carboxylic acids is 1. The number of hydrogen-bond donors (Lipinski definition) is 3. The molecule has 0 aromatic carbocycles. The summed E-state index contributed by atoms with van der Waals surface area (Å²) in [6.07, 6.45) is 0.582. The van der Waals surface area contributed by atoms with Crippen molar-refractivity contribution in [3.8, 4) is 6.07 Å². The summed E-state index contributed by atoms with van der Waals surface area (Å²) in [5.74, 6) is -0.211. The minimum atomic E-state index is -0.265. The molecule has 3 N–H and O–H groups in total. The number of nitrogens with one attached hydrogen (secondary N) is 2. The zero-order valence-electron chi connectivity index (χ0n) is 8.63. The van der Waals surface area contributed by atoms with Gasteiger partial charge in [0.2, 0.25) is 5.91 Å². The Bertz CT molecular complexity index is 221. The molecule has 5 nitrogen and oxygen atoms in total. The van der Waals surface area contributed by atoms with Gasteiger partial charge in [-0.15, -0.1) is 0 Å². The molecule has 80 valence electrons. The van der Waals surface area contributed by atoms with Gasteiger partial charge in [0.05, 0.1) is 12.6 Å². The Balaban J connectivity index is 3.71. The third-order valence-corrected chi connectivity index (χ3v) is 1.83. The fraction of sp³-hybridized carbons (Fsp3) is 0.778. The lowest BCUT2D eigenvalue weighted by Crippen LogP contribution is -2.45. The van der Waals surface area contributed by atoms with Crippen molar-refractivity contribution in [3.05, 3.63) is 0 Å². The predicted octanol–water partition coefficient (Wildman–Crippen LogP) is -0.623. The van der Waals surface area contributed by atoms with E-state index in [0.29, 0.717) is 6.42 Å². The lowest BCUT2D eigenvalue weighted by Gasteiger charge is -2.24. The van der Waals surface area contributed by atoms with Crippen molar-refractivity contribution in [2.24, 2.45) is 0 Å². The van der Waals surface area contributed by atoms with E-state index in [1.165, 1.54) is 0 Å². The van der Waals surface area contributed by atoms with E-state index in [4.69, 9.17) is 10.4 Å². The first-order chi connectivity index (χ1) is 6.52. The Morgan fingerprint density at radius 1 is 1.57 bits per heavy atom. The number of amides is 1. The first kappa shape index (κ1) is 12.9. The van der Waals surface area contributed by atoms with Gasteiger partial charge in [0, 0.05) is 12.1 Å². The van der Waals surface area contributed by atoms with Gasteiger partial charge in [0.25, 0.3) is 0 Å². The summed E-state index contributed by atoms with van der Waals surface area (Å²) in [5, 5.41) is 22.3. The fourth-order valence-corrected chi connectivity index (χ4v) is 0.888. The molecule has 0 aliphatic carbocycles. The maximum atomic E-state index is 11.1. The van der Waals surface area contributed by atoms with Crippen molar-refractivity contribution >= 4 is 5.91 Å². The van der Waals surface area contributed by atoms with Crippen molar-refractivity contribution in [1.82, 2.24) is 10.6 Å². The van der Waals surface area contributed by atoms with Gasteiger partial charge in [-0.3, -0.25) is 4.79 Å². The lowest BCUT2D eigenvalue weighted by molar-refractivity contribution is -0.120. The largest absolute Gasteiger partial charge is 0.396 e. The smallest absolute Gasteiger partial charge is 0.234 e. The second-order valence-electron chi connectivity index (χ2n) is 3.65. The van der Waals surface area contributed by atoms with Gasteiger partial charge in [-0.05, 0) is 20.3 Å². The molecule has 0 aromatic rings. The molecule has 5 heteroatoms. The normalized spacial score (nSPS) is 10.7. The number of carbonyl (C=O) groups is 1.